The van der Waals surface area contributed by atoms with Crippen LogP contribution in [0.5, 0.6) is 0 Å². The Bertz CT molecular complexity index is 1090. The fourth-order valence-electron chi connectivity index (χ4n) is 5.42. The van der Waals surface area contributed by atoms with Crippen LogP contribution in [0.3, 0.4) is 0 Å². The maximum absolute atomic E-state index is 13.2. The van der Waals surface area contributed by atoms with Gasteiger partial charge in [0.05, 0.1) is 29.4 Å². The second-order valence-corrected chi connectivity index (χ2v) is 10.1. The molecule has 2 aliphatic heterocycles. The van der Waals surface area contributed by atoms with Crippen LogP contribution in [-0.4, -0.2) is 49.2 Å². The van der Waals surface area contributed by atoms with Gasteiger partial charge in [0.1, 0.15) is 0 Å². The number of hydrogen-bond acceptors (Lipinski definition) is 5. The highest BCUT2D eigenvalue weighted by Crippen LogP contribution is 2.56. The maximum atomic E-state index is 13.2. The summed E-state index contributed by atoms with van der Waals surface area (Å²) in [6, 6.07) is 5.52. The molecule has 2 saturated heterocycles. The number of likely N-dealkylation sites (N-methyl/N-ethyl adjacent to an activating group) is 1. The molecule has 1 aromatic carbocycles. The summed E-state index contributed by atoms with van der Waals surface area (Å²) in [7, 11) is 3.41. The summed E-state index contributed by atoms with van der Waals surface area (Å²) >= 11 is 0. The summed E-state index contributed by atoms with van der Waals surface area (Å²) in [4.78, 5) is 55.6. The molecule has 34 heavy (non-hydrogen) atoms. The Morgan fingerprint density at radius 3 is 2.03 bits per heavy atom. The van der Waals surface area contributed by atoms with Crippen molar-refractivity contribution in [2.75, 3.05) is 30.4 Å². The number of allylic oxidation sites excluding steroid dienone is 3. The number of aryl methyl sites for hydroxylation is 1. The average molecular weight is 464 g/mol. The van der Waals surface area contributed by atoms with E-state index >= 15 is 0 Å². The van der Waals surface area contributed by atoms with Crippen molar-refractivity contribution in [2.45, 2.75) is 40.5 Å². The van der Waals surface area contributed by atoms with Crippen molar-refractivity contribution in [3.8, 4) is 0 Å². The van der Waals surface area contributed by atoms with Crippen LogP contribution < -0.4 is 9.80 Å². The molecule has 0 aromatic heterocycles. The zero-order valence-corrected chi connectivity index (χ0v) is 20.8. The van der Waals surface area contributed by atoms with E-state index in [0.29, 0.717) is 12.2 Å². The molecule has 7 nitrogen and oxygen atoms in total. The van der Waals surface area contributed by atoms with E-state index in [-0.39, 0.29) is 23.6 Å². The van der Waals surface area contributed by atoms with Gasteiger partial charge in [0.15, 0.2) is 0 Å². The number of anilines is 2. The van der Waals surface area contributed by atoms with Gasteiger partial charge in [-0.3, -0.25) is 24.1 Å². The van der Waals surface area contributed by atoms with E-state index in [9.17, 15) is 19.2 Å². The molecule has 1 aliphatic carbocycles. The minimum absolute atomic E-state index is 0.352. The SMILES string of the molecule is CC(C)=CCC/C(C)=C/CN(C)c1cc(N2C(=O)C3C4C(=O)N(C)C(=O)C4C3C2=O)ccc1C. The average Bonchev–Trinajstić information content (AvgIpc) is 3.07. The Kier molecular flexibility index (Phi) is 6.23. The molecule has 4 rings (SSSR count). The van der Waals surface area contributed by atoms with Gasteiger partial charge >= 0.3 is 0 Å². The molecular formula is C27H33N3O4. The van der Waals surface area contributed by atoms with Crippen molar-refractivity contribution >= 4 is 35.0 Å². The Hall–Kier alpha value is -3.22. The highest BCUT2D eigenvalue weighted by Gasteiger charge is 2.73. The lowest BCUT2D eigenvalue weighted by Crippen LogP contribution is -2.50. The highest BCUT2D eigenvalue weighted by atomic mass is 16.2. The van der Waals surface area contributed by atoms with E-state index < -0.39 is 23.7 Å². The standard InChI is InChI=1S/C27H33N3O4/c1-15(2)8-7-9-16(3)12-13-28(5)19-14-18(11-10-17(19)4)30-26(33)22-20-21(23(22)27(30)34)25(32)29(6)24(20)31/h8,10-12,14,20-23H,7,9,13H2,1-6H3/b16-12+. The van der Waals surface area contributed by atoms with Crippen molar-refractivity contribution in [1.82, 2.24) is 4.90 Å². The first-order chi connectivity index (χ1) is 16.0. The molecule has 4 atom stereocenters. The normalized spacial score (nSPS) is 26.0. The lowest BCUT2D eigenvalue weighted by molar-refractivity contribution is -0.146. The number of rotatable bonds is 7. The van der Waals surface area contributed by atoms with E-state index in [1.54, 1.807) is 6.07 Å². The molecule has 0 radical (unpaired) electrons. The lowest BCUT2D eigenvalue weighted by Gasteiger charge is -2.36. The summed E-state index contributed by atoms with van der Waals surface area (Å²) in [5, 5.41) is 0. The van der Waals surface area contributed by atoms with Crippen LogP contribution in [0.2, 0.25) is 0 Å². The maximum Gasteiger partial charge on any atom is 0.238 e. The fourth-order valence-corrected chi connectivity index (χ4v) is 5.42. The molecule has 2 heterocycles. The van der Waals surface area contributed by atoms with Gasteiger partial charge in [0, 0.05) is 26.3 Å². The molecule has 3 aliphatic rings. The number of imide groups is 2. The summed E-state index contributed by atoms with van der Waals surface area (Å²) in [6.07, 6.45) is 6.46. The van der Waals surface area contributed by atoms with Crippen LogP contribution in [0.25, 0.3) is 0 Å². The minimum Gasteiger partial charge on any atom is -0.371 e. The second-order valence-electron chi connectivity index (χ2n) is 10.1. The molecule has 4 amide bonds. The summed E-state index contributed by atoms with van der Waals surface area (Å²) < 4.78 is 0. The number of hydrogen-bond donors (Lipinski definition) is 0. The molecule has 3 fully saturated rings. The van der Waals surface area contributed by atoms with Gasteiger partial charge in [-0.1, -0.05) is 29.4 Å². The van der Waals surface area contributed by atoms with Gasteiger partial charge in [-0.25, -0.2) is 4.90 Å². The third-order valence-corrected chi connectivity index (χ3v) is 7.46. The van der Waals surface area contributed by atoms with Gasteiger partial charge in [0.25, 0.3) is 0 Å². The molecule has 0 bridgehead atoms. The largest absolute Gasteiger partial charge is 0.371 e. The Morgan fingerprint density at radius 2 is 1.47 bits per heavy atom. The van der Waals surface area contributed by atoms with Crippen LogP contribution >= 0.6 is 0 Å². The highest BCUT2D eigenvalue weighted by molar-refractivity contribution is 6.27. The third-order valence-electron chi connectivity index (χ3n) is 7.46. The van der Waals surface area contributed by atoms with Crippen molar-refractivity contribution in [1.29, 1.82) is 0 Å². The quantitative estimate of drug-likeness (QED) is 0.457. The van der Waals surface area contributed by atoms with Gasteiger partial charge in [-0.15, -0.1) is 0 Å². The second kappa shape index (κ2) is 8.85. The van der Waals surface area contributed by atoms with Crippen LogP contribution in [0.1, 0.15) is 39.2 Å². The molecule has 4 unspecified atom stereocenters. The smallest absolute Gasteiger partial charge is 0.238 e. The number of likely N-dealkylation sites (tertiary alicyclic amines) is 1. The molecule has 1 aromatic rings. The van der Waals surface area contributed by atoms with Crippen LogP contribution in [-0.2, 0) is 19.2 Å². The first-order valence-electron chi connectivity index (χ1n) is 11.8. The summed E-state index contributed by atoms with van der Waals surface area (Å²) in [6.45, 7) is 9.03. The van der Waals surface area contributed by atoms with Gasteiger partial charge in [0.2, 0.25) is 23.6 Å². The van der Waals surface area contributed by atoms with E-state index in [2.05, 4.69) is 37.8 Å². The molecule has 0 N–H and O–H groups in total. The van der Waals surface area contributed by atoms with Gasteiger partial charge in [-0.05, 0) is 58.2 Å². The number of amides is 4. The van der Waals surface area contributed by atoms with Crippen LogP contribution in [0.15, 0.2) is 41.5 Å². The van der Waals surface area contributed by atoms with Gasteiger partial charge < -0.3 is 4.90 Å². The van der Waals surface area contributed by atoms with Crippen LogP contribution in [0.4, 0.5) is 11.4 Å². The minimum atomic E-state index is -0.729. The zero-order valence-electron chi connectivity index (χ0n) is 20.8. The molecule has 0 spiro atoms. The van der Waals surface area contributed by atoms with Crippen molar-refractivity contribution in [2.24, 2.45) is 23.7 Å². The van der Waals surface area contributed by atoms with Crippen molar-refractivity contribution in [3.63, 3.8) is 0 Å². The van der Waals surface area contributed by atoms with E-state index in [4.69, 9.17) is 0 Å². The van der Waals surface area contributed by atoms with Gasteiger partial charge in [-0.2, -0.15) is 0 Å². The summed E-state index contributed by atoms with van der Waals surface area (Å²) in [5.41, 5.74) is 5.09. The number of nitrogens with zero attached hydrogens (tertiary/aromatic N) is 3. The molecule has 7 heteroatoms. The summed E-state index contributed by atoms with van der Waals surface area (Å²) in [5.74, 6) is -4.31. The lowest BCUT2D eigenvalue weighted by atomic mass is 9.59. The Balaban J connectivity index is 1.52. The fraction of sp³-hybridized carbons (Fsp3) is 0.481. The first-order valence-corrected chi connectivity index (χ1v) is 11.8. The van der Waals surface area contributed by atoms with Crippen molar-refractivity contribution in [3.05, 3.63) is 47.1 Å². The number of benzene rings is 1. The predicted octanol–water partition coefficient (Wildman–Crippen LogP) is 3.47. The Labute approximate surface area is 201 Å². The molecular weight excluding hydrogens is 430 g/mol. The zero-order chi connectivity index (χ0) is 24.9. The third kappa shape index (κ3) is 3.77. The van der Waals surface area contributed by atoms with E-state index in [0.717, 1.165) is 29.0 Å². The topological polar surface area (TPSA) is 78.0 Å². The first kappa shape index (κ1) is 23.9. The van der Waals surface area contributed by atoms with Crippen molar-refractivity contribution < 1.29 is 19.2 Å². The van der Waals surface area contributed by atoms with Crippen LogP contribution in [0, 0.1) is 30.6 Å². The predicted molar refractivity (Wildman–Crippen MR) is 131 cm³/mol. The Morgan fingerprint density at radius 1 is 0.912 bits per heavy atom. The monoisotopic (exact) mass is 463 g/mol. The number of carbonyl (C=O) groups excluding carboxylic acids is 4. The molecule has 180 valence electrons. The number of carbonyl (C=O) groups is 4. The van der Waals surface area contributed by atoms with E-state index in [1.165, 1.54) is 23.1 Å². The number of fused-ring (bicyclic) bond motifs is 4. The van der Waals surface area contributed by atoms with E-state index in [1.807, 2.05) is 26.1 Å². The molecule has 1 saturated carbocycles.